The topological polar surface area (TPSA) is 75.7 Å². The van der Waals surface area contributed by atoms with E-state index in [-0.39, 0.29) is 29.0 Å². The minimum Gasteiger partial charge on any atom is -0.221 e. The molecule has 0 aliphatic heterocycles. The fourth-order valence-corrected chi connectivity index (χ4v) is 4.03. The predicted molar refractivity (Wildman–Crippen MR) is 61.0 cm³/mol. The van der Waals surface area contributed by atoms with Crippen LogP contribution in [0.15, 0.2) is 23.4 Å². The van der Waals surface area contributed by atoms with Crippen LogP contribution in [0.5, 0.6) is 0 Å². The summed E-state index contributed by atoms with van der Waals surface area (Å²) in [6.07, 6.45) is 1.57. The van der Waals surface area contributed by atoms with E-state index in [0.717, 1.165) is 18.3 Å². The maximum atomic E-state index is 13.6. The average Bonchev–Trinajstić information content (AvgIpc) is 2.97. The largest absolute Gasteiger partial charge is 0.221 e. The number of rotatable bonds is 2. The molecule has 0 bridgehead atoms. The molecule has 5 nitrogen and oxygen atoms in total. The van der Waals surface area contributed by atoms with Crippen LogP contribution in [0.4, 0.5) is 8.78 Å². The van der Waals surface area contributed by atoms with Crippen LogP contribution in [0.25, 0.3) is 0 Å². The minimum absolute atomic E-state index is 0.181. The molecule has 1 atom stereocenters. The van der Waals surface area contributed by atoms with Gasteiger partial charge < -0.3 is 0 Å². The van der Waals surface area contributed by atoms with Crippen LogP contribution < -0.4 is 0 Å². The summed E-state index contributed by atoms with van der Waals surface area (Å²) in [6.45, 7) is 0. The first-order valence-electron chi connectivity index (χ1n) is 5.57. The Balaban J connectivity index is 2.13. The van der Waals surface area contributed by atoms with Crippen LogP contribution in [0, 0.1) is 11.6 Å². The number of nitrogens with one attached hydrogen (secondary N) is 1. The summed E-state index contributed by atoms with van der Waals surface area (Å²) in [5, 5.41) is 8.02. The second kappa shape index (κ2) is 4.09. The first-order valence-corrected chi connectivity index (χ1v) is 7.12. The summed E-state index contributed by atoms with van der Waals surface area (Å²) in [7, 11) is -3.78. The van der Waals surface area contributed by atoms with Gasteiger partial charge in [-0.1, -0.05) is 0 Å². The standard InChI is InChI=1S/C11H9F2N3O2S/c12-6-3-8-7(9(13)4-6)1-2-10(8)19(17,18)11-5-14-16-15-11/h3-5,10H,1-2H2,(H,14,15,16)/t10-/m1/s1. The van der Waals surface area contributed by atoms with E-state index < -0.39 is 26.7 Å². The first kappa shape index (κ1) is 12.2. The fraction of sp³-hybridized carbons (Fsp3) is 0.273. The van der Waals surface area contributed by atoms with E-state index in [2.05, 4.69) is 15.4 Å². The first-order chi connectivity index (χ1) is 9.00. The van der Waals surface area contributed by atoms with E-state index >= 15 is 0 Å². The third-order valence-electron chi connectivity index (χ3n) is 3.26. The van der Waals surface area contributed by atoms with Crippen molar-refractivity contribution in [2.24, 2.45) is 0 Å². The third-order valence-corrected chi connectivity index (χ3v) is 5.28. The lowest BCUT2D eigenvalue weighted by Gasteiger charge is -2.11. The summed E-state index contributed by atoms with van der Waals surface area (Å²) >= 11 is 0. The molecule has 19 heavy (non-hydrogen) atoms. The number of aromatic nitrogens is 3. The molecule has 3 rings (SSSR count). The van der Waals surface area contributed by atoms with Gasteiger partial charge in [0.1, 0.15) is 11.6 Å². The van der Waals surface area contributed by atoms with Gasteiger partial charge in [-0.25, -0.2) is 17.2 Å². The highest BCUT2D eigenvalue weighted by atomic mass is 32.2. The Kier molecular flexibility index (Phi) is 2.63. The second-order valence-electron chi connectivity index (χ2n) is 4.34. The van der Waals surface area contributed by atoms with Crippen molar-refractivity contribution in [1.29, 1.82) is 0 Å². The number of hydrogen-bond donors (Lipinski definition) is 1. The molecule has 100 valence electrons. The lowest BCUT2D eigenvalue weighted by Crippen LogP contribution is -2.12. The number of benzene rings is 1. The summed E-state index contributed by atoms with van der Waals surface area (Å²) in [5.41, 5.74) is 0.443. The van der Waals surface area contributed by atoms with Gasteiger partial charge in [-0.2, -0.15) is 10.3 Å². The van der Waals surface area contributed by atoms with Gasteiger partial charge in [0.25, 0.3) is 0 Å². The molecule has 0 fully saturated rings. The maximum Gasteiger partial charge on any atom is 0.206 e. The molecular formula is C11H9F2N3O2S. The molecule has 0 amide bonds. The van der Waals surface area contributed by atoms with Crippen molar-refractivity contribution < 1.29 is 17.2 Å². The molecule has 0 radical (unpaired) electrons. The van der Waals surface area contributed by atoms with E-state index in [1.54, 1.807) is 0 Å². The highest BCUT2D eigenvalue weighted by Gasteiger charge is 2.37. The molecular weight excluding hydrogens is 276 g/mol. The summed E-state index contributed by atoms with van der Waals surface area (Å²) < 4.78 is 51.5. The minimum atomic E-state index is -3.78. The van der Waals surface area contributed by atoms with Crippen molar-refractivity contribution in [3.05, 3.63) is 41.1 Å². The fourth-order valence-electron chi connectivity index (χ4n) is 2.40. The molecule has 8 heteroatoms. The normalized spacial score (nSPS) is 18.5. The zero-order valence-electron chi connectivity index (χ0n) is 9.60. The van der Waals surface area contributed by atoms with Gasteiger partial charge in [0, 0.05) is 6.07 Å². The van der Waals surface area contributed by atoms with E-state index in [9.17, 15) is 17.2 Å². The predicted octanol–water partition coefficient (Wildman–Crippen LogP) is 1.54. The molecule has 0 unspecified atom stereocenters. The molecule has 1 aromatic carbocycles. The van der Waals surface area contributed by atoms with E-state index in [1.165, 1.54) is 0 Å². The van der Waals surface area contributed by atoms with Crippen molar-refractivity contribution in [3.63, 3.8) is 0 Å². The Hall–Kier alpha value is -1.83. The molecule has 1 aromatic heterocycles. The number of nitrogens with zero attached hydrogens (tertiary/aromatic N) is 2. The number of fused-ring (bicyclic) bond motifs is 1. The van der Waals surface area contributed by atoms with E-state index in [1.807, 2.05) is 0 Å². The molecule has 1 N–H and O–H groups in total. The van der Waals surface area contributed by atoms with E-state index in [0.29, 0.717) is 0 Å². The van der Waals surface area contributed by atoms with Gasteiger partial charge in [0.05, 0.1) is 11.4 Å². The number of hydrogen-bond acceptors (Lipinski definition) is 4. The Morgan fingerprint density at radius 3 is 2.79 bits per heavy atom. The molecule has 1 aliphatic rings. The number of sulfone groups is 1. The Labute approximate surface area is 107 Å². The average molecular weight is 285 g/mol. The Morgan fingerprint density at radius 2 is 2.11 bits per heavy atom. The van der Waals surface area contributed by atoms with Crippen molar-refractivity contribution in [1.82, 2.24) is 15.4 Å². The van der Waals surface area contributed by atoms with Gasteiger partial charge in [-0.3, -0.25) is 0 Å². The van der Waals surface area contributed by atoms with Gasteiger partial charge in [-0.05, 0) is 30.0 Å². The molecule has 1 heterocycles. The van der Waals surface area contributed by atoms with Crippen molar-refractivity contribution in [3.8, 4) is 0 Å². The van der Waals surface area contributed by atoms with Crippen LogP contribution in [-0.2, 0) is 16.3 Å². The second-order valence-corrected chi connectivity index (χ2v) is 6.41. The van der Waals surface area contributed by atoms with Crippen molar-refractivity contribution in [2.75, 3.05) is 0 Å². The molecule has 0 saturated heterocycles. The van der Waals surface area contributed by atoms with Gasteiger partial charge in [0.15, 0.2) is 5.03 Å². The summed E-state index contributed by atoms with van der Waals surface area (Å²) in [4.78, 5) is 0. The quantitative estimate of drug-likeness (QED) is 0.908. The van der Waals surface area contributed by atoms with Crippen LogP contribution in [0.3, 0.4) is 0 Å². The molecule has 2 aromatic rings. The Morgan fingerprint density at radius 1 is 1.32 bits per heavy atom. The number of halogens is 2. The number of aromatic amines is 1. The zero-order chi connectivity index (χ0) is 13.6. The van der Waals surface area contributed by atoms with Gasteiger partial charge in [-0.15, -0.1) is 5.10 Å². The van der Waals surface area contributed by atoms with Crippen LogP contribution in [0.1, 0.15) is 22.8 Å². The van der Waals surface area contributed by atoms with Crippen LogP contribution in [0.2, 0.25) is 0 Å². The SMILES string of the molecule is O=S(=O)(c1cn[nH]n1)[C@@H]1CCc2c(F)cc(F)cc21. The number of H-pyrrole nitrogens is 1. The van der Waals surface area contributed by atoms with Crippen LogP contribution in [-0.4, -0.2) is 23.8 Å². The maximum absolute atomic E-state index is 13.6. The zero-order valence-corrected chi connectivity index (χ0v) is 10.4. The smallest absolute Gasteiger partial charge is 0.206 e. The summed E-state index contributed by atoms with van der Waals surface area (Å²) in [6, 6.07) is 1.84. The van der Waals surface area contributed by atoms with Gasteiger partial charge in [0.2, 0.25) is 9.84 Å². The third kappa shape index (κ3) is 1.83. The van der Waals surface area contributed by atoms with Crippen molar-refractivity contribution in [2.45, 2.75) is 23.1 Å². The highest BCUT2D eigenvalue weighted by molar-refractivity contribution is 7.91. The Bertz CT molecular complexity index is 729. The molecule has 1 aliphatic carbocycles. The van der Waals surface area contributed by atoms with E-state index in [4.69, 9.17) is 0 Å². The highest BCUT2D eigenvalue weighted by Crippen LogP contribution is 2.40. The molecule has 0 saturated carbocycles. The lowest BCUT2D eigenvalue weighted by molar-refractivity contribution is 0.572. The van der Waals surface area contributed by atoms with Gasteiger partial charge >= 0.3 is 0 Å². The monoisotopic (exact) mass is 285 g/mol. The lowest BCUT2D eigenvalue weighted by atomic mass is 10.1. The van der Waals surface area contributed by atoms with Crippen molar-refractivity contribution >= 4 is 9.84 Å². The van der Waals surface area contributed by atoms with Crippen LogP contribution >= 0.6 is 0 Å². The summed E-state index contributed by atoms with van der Waals surface area (Å²) in [5.74, 6) is -1.48. The molecule has 0 spiro atoms.